The third-order valence-electron chi connectivity index (χ3n) is 3.02. The zero-order chi connectivity index (χ0) is 14.7. The predicted octanol–water partition coefficient (Wildman–Crippen LogP) is 4.41. The molecule has 1 aromatic carbocycles. The molecule has 20 heavy (non-hydrogen) atoms. The summed E-state index contributed by atoms with van der Waals surface area (Å²) < 4.78 is 16.0. The monoisotopic (exact) mass is 312 g/mol. The van der Waals surface area contributed by atoms with Crippen molar-refractivity contribution in [2.75, 3.05) is 21.3 Å². The van der Waals surface area contributed by atoms with Gasteiger partial charge in [0, 0.05) is 21.4 Å². The molecular formula is C15H17ClO3S. The molecule has 1 unspecified atom stereocenters. The Labute approximate surface area is 128 Å². The molecule has 0 aliphatic carbocycles. The summed E-state index contributed by atoms with van der Waals surface area (Å²) >= 11 is 8.26. The molecule has 0 radical (unpaired) electrons. The molecule has 0 fully saturated rings. The molecule has 2 aromatic rings. The number of hydrogen-bond acceptors (Lipinski definition) is 4. The lowest BCUT2D eigenvalue weighted by molar-refractivity contribution is 0.347. The molecule has 0 amide bonds. The van der Waals surface area contributed by atoms with Gasteiger partial charge in [0.15, 0.2) is 11.5 Å². The first-order valence-electron chi connectivity index (χ1n) is 6.11. The van der Waals surface area contributed by atoms with Crippen LogP contribution in [0, 0.1) is 6.92 Å². The second kappa shape index (κ2) is 6.37. The van der Waals surface area contributed by atoms with Gasteiger partial charge in [-0.3, -0.25) is 0 Å². The van der Waals surface area contributed by atoms with Crippen molar-refractivity contribution in [3.8, 4) is 17.2 Å². The summed E-state index contributed by atoms with van der Waals surface area (Å²) in [6.45, 7) is 2.06. The van der Waals surface area contributed by atoms with Gasteiger partial charge in [-0.2, -0.15) is 0 Å². The first-order valence-corrected chi connectivity index (χ1v) is 7.36. The Hall–Kier alpha value is -1.39. The quantitative estimate of drug-likeness (QED) is 0.765. The van der Waals surface area contributed by atoms with E-state index in [0.717, 1.165) is 10.4 Å². The van der Waals surface area contributed by atoms with Crippen molar-refractivity contribution >= 4 is 22.9 Å². The number of benzene rings is 1. The normalized spacial score (nSPS) is 12.1. The maximum atomic E-state index is 6.59. The molecule has 0 bridgehead atoms. The highest BCUT2D eigenvalue weighted by molar-refractivity contribution is 7.12. The van der Waals surface area contributed by atoms with Crippen LogP contribution in [-0.2, 0) is 0 Å². The van der Waals surface area contributed by atoms with E-state index >= 15 is 0 Å². The van der Waals surface area contributed by atoms with Crippen LogP contribution in [0.5, 0.6) is 17.2 Å². The highest BCUT2D eigenvalue weighted by Gasteiger charge is 2.20. The number of ether oxygens (including phenoxy) is 3. The Bertz CT molecular complexity index is 595. The Morgan fingerprint density at radius 1 is 0.950 bits per heavy atom. The molecule has 0 aliphatic heterocycles. The van der Waals surface area contributed by atoms with E-state index < -0.39 is 0 Å². The van der Waals surface area contributed by atoms with Gasteiger partial charge in [0.1, 0.15) is 5.75 Å². The minimum absolute atomic E-state index is 0.275. The summed E-state index contributed by atoms with van der Waals surface area (Å²) in [5, 5.41) is -0.275. The van der Waals surface area contributed by atoms with Crippen molar-refractivity contribution in [2.24, 2.45) is 0 Å². The van der Waals surface area contributed by atoms with Gasteiger partial charge in [-0.15, -0.1) is 22.9 Å². The van der Waals surface area contributed by atoms with E-state index in [-0.39, 0.29) is 5.38 Å². The van der Waals surface area contributed by atoms with Crippen LogP contribution < -0.4 is 14.2 Å². The minimum Gasteiger partial charge on any atom is -0.496 e. The Morgan fingerprint density at radius 3 is 2.05 bits per heavy atom. The van der Waals surface area contributed by atoms with Crippen LogP contribution in [0.3, 0.4) is 0 Å². The number of alkyl halides is 1. The van der Waals surface area contributed by atoms with Crippen molar-refractivity contribution in [1.82, 2.24) is 0 Å². The fourth-order valence-corrected chi connectivity index (χ4v) is 3.25. The van der Waals surface area contributed by atoms with E-state index in [4.69, 9.17) is 25.8 Å². The van der Waals surface area contributed by atoms with Crippen LogP contribution in [0.15, 0.2) is 24.3 Å². The van der Waals surface area contributed by atoms with Crippen LogP contribution in [0.4, 0.5) is 0 Å². The number of halogens is 1. The van der Waals surface area contributed by atoms with Crippen molar-refractivity contribution in [1.29, 1.82) is 0 Å². The smallest absolute Gasteiger partial charge is 0.164 e. The van der Waals surface area contributed by atoms with E-state index in [1.165, 1.54) is 4.88 Å². The van der Waals surface area contributed by atoms with Crippen molar-refractivity contribution < 1.29 is 14.2 Å². The molecule has 0 saturated carbocycles. The molecule has 5 heteroatoms. The average Bonchev–Trinajstić information content (AvgIpc) is 2.91. The zero-order valence-electron chi connectivity index (χ0n) is 11.9. The number of rotatable bonds is 5. The van der Waals surface area contributed by atoms with Crippen LogP contribution in [0.1, 0.15) is 20.7 Å². The molecular weight excluding hydrogens is 296 g/mol. The van der Waals surface area contributed by atoms with E-state index in [1.807, 2.05) is 12.1 Å². The van der Waals surface area contributed by atoms with Crippen molar-refractivity contribution in [3.05, 3.63) is 39.6 Å². The van der Waals surface area contributed by atoms with Crippen LogP contribution in [0.2, 0.25) is 0 Å². The second-order valence-electron chi connectivity index (χ2n) is 4.26. The summed E-state index contributed by atoms with van der Waals surface area (Å²) in [4.78, 5) is 2.31. The standard InChI is InChI=1S/C15H17ClO3S/c1-9-5-6-14(20-9)15(16)10-7-12(18-3)13(19-4)8-11(10)17-2/h5-8,15H,1-4H3. The van der Waals surface area contributed by atoms with E-state index in [9.17, 15) is 0 Å². The molecule has 0 N–H and O–H groups in total. The summed E-state index contributed by atoms with van der Waals surface area (Å²) in [7, 11) is 4.82. The molecule has 1 aromatic heterocycles. The Morgan fingerprint density at radius 2 is 1.55 bits per heavy atom. The van der Waals surface area contributed by atoms with Gasteiger partial charge in [-0.05, 0) is 25.1 Å². The number of methoxy groups -OCH3 is 3. The number of hydrogen-bond donors (Lipinski definition) is 0. The third-order valence-corrected chi connectivity index (χ3v) is 4.69. The molecule has 1 atom stereocenters. The van der Waals surface area contributed by atoms with Gasteiger partial charge in [-0.1, -0.05) is 0 Å². The predicted molar refractivity (Wildman–Crippen MR) is 82.9 cm³/mol. The minimum atomic E-state index is -0.275. The van der Waals surface area contributed by atoms with Gasteiger partial charge < -0.3 is 14.2 Å². The Kier molecular flexibility index (Phi) is 4.78. The first-order chi connectivity index (χ1) is 9.60. The maximum Gasteiger partial charge on any atom is 0.164 e. The molecule has 108 valence electrons. The molecule has 1 heterocycles. The van der Waals surface area contributed by atoms with Crippen LogP contribution in [0.25, 0.3) is 0 Å². The van der Waals surface area contributed by atoms with E-state index in [0.29, 0.717) is 17.2 Å². The van der Waals surface area contributed by atoms with E-state index in [2.05, 4.69) is 13.0 Å². The molecule has 0 aliphatic rings. The third kappa shape index (κ3) is 2.86. The molecule has 3 nitrogen and oxygen atoms in total. The first kappa shape index (κ1) is 15.0. The number of aryl methyl sites for hydroxylation is 1. The molecule has 0 spiro atoms. The zero-order valence-corrected chi connectivity index (χ0v) is 13.5. The lowest BCUT2D eigenvalue weighted by atomic mass is 10.1. The topological polar surface area (TPSA) is 27.7 Å². The average molecular weight is 313 g/mol. The maximum absolute atomic E-state index is 6.59. The van der Waals surface area contributed by atoms with Gasteiger partial charge in [-0.25, -0.2) is 0 Å². The fraction of sp³-hybridized carbons (Fsp3) is 0.333. The summed E-state index contributed by atoms with van der Waals surface area (Å²) in [6.07, 6.45) is 0. The molecule has 2 rings (SSSR count). The summed E-state index contributed by atoms with van der Waals surface area (Å²) in [5.41, 5.74) is 0.869. The summed E-state index contributed by atoms with van der Waals surface area (Å²) in [5.74, 6) is 1.95. The highest BCUT2D eigenvalue weighted by atomic mass is 35.5. The molecule has 0 saturated heterocycles. The van der Waals surface area contributed by atoms with Gasteiger partial charge in [0.25, 0.3) is 0 Å². The highest BCUT2D eigenvalue weighted by Crippen LogP contribution is 2.43. The van der Waals surface area contributed by atoms with Gasteiger partial charge in [0.05, 0.1) is 26.7 Å². The summed E-state index contributed by atoms with van der Waals surface area (Å²) in [6, 6.07) is 7.75. The van der Waals surface area contributed by atoms with Gasteiger partial charge >= 0.3 is 0 Å². The lowest BCUT2D eigenvalue weighted by Gasteiger charge is -2.16. The SMILES string of the molecule is COc1cc(OC)c(C(Cl)c2ccc(C)s2)cc1OC. The van der Waals surface area contributed by atoms with Gasteiger partial charge in [0.2, 0.25) is 0 Å². The fourth-order valence-electron chi connectivity index (χ4n) is 1.99. The van der Waals surface area contributed by atoms with Crippen molar-refractivity contribution in [2.45, 2.75) is 12.3 Å². The van der Waals surface area contributed by atoms with E-state index in [1.54, 1.807) is 38.7 Å². The number of thiophene rings is 1. The largest absolute Gasteiger partial charge is 0.496 e. The lowest BCUT2D eigenvalue weighted by Crippen LogP contribution is -1.99. The second-order valence-corrected chi connectivity index (χ2v) is 6.02. The van der Waals surface area contributed by atoms with Crippen molar-refractivity contribution in [3.63, 3.8) is 0 Å². The van der Waals surface area contributed by atoms with Crippen LogP contribution in [-0.4, -0.2) is 21.3 Å². The van der Waals surface area contributed by atoms with Crippen LogP contribution >= 0.6 is 22.9 Å². The Balaban J connectivity index is 2.49.